The quantitative estimate of drug-likeness (QED) is 0.691. The molecule has 0 fully saturated rings. The van der Waals surface area contributed by atoms with Gasteiger partial charge in [-0.15, -0.1) is 11.3 Å². The second kappa shape index (κ2) is 5.37. The number of fused-ring (bicyclic) bond motifs is 1. The Bertz CT molecular complexity index is 792. The van der Waals surface area contributed by atoms with E-state index in [9.17, 15) is 0 Å². The number of nitrogens with two attached hydrogens (primary N) is 1. The fraction of sp³-hybridized carbons (Fsp3) is 0.235. The predicted molar refractivity (Wildman–Crippen MR) is 92.0 cm³/mol. The van der Waals surface area contributed by atoms with Crippen LogP contribution >= 0.6 is 11.3 Å². The van der Waals surface area contributed by atoms with Crippen LogP contribution in [0.5, 0.6) is 0 Å². The monoisotopic (exact) mass is 297 g/mol. The number of aryl methyl sites for hydroxylation is 2. The minimum absolute atomic E-state index is 0.252. The van der Waals surface area contributed by atoms with Crippen molar-refractivity contribution in [2.24, 2.45) is 0 Å². The predicted octanol–water partition coefficient (Wildman–Crippen LogP) is 4.67. The highest BCUT2D eigenvalue weighted by molar-refractivity contribution is 7.12. The minimum Gasteiger partial charge on any atom is -0.397 e. The Morgan fingerprint density at radius 3 is 2.76 bits per heavy atom. The molecule has 1 atom stereocenters. The molecule has 1 unspecified atom stereocenters. The highest BCUT2D eigenvalue weighted by Gasteiger charge is 2.13. The maximum Gasteiger partial charge on any atom is 0.0951 e. The molecule has 0 bridgehead atoms. The first kappa shape index (κ1) is 13.9. The van der Waals surface area contributed by atoms with Crippen molar-refractivity contribution in [3.05, 3.63) is 51.8 Å². The van der Waals surface area contributed by atoms with E-state index in [0.717, 1.165) is 16.6 Å². The largest absolute Gasteiger partial charge is 0.397 e. The maximum atomic E-state index is 6.01. The van der Waals surface area contributed by atoms with E-state index in [4.69, 9.17) is 5.73 Å². The Balaban J connectivity index is 1.99. The number of thiophene rings is 1. The van der Waals surface area contributed by atoms with Crippen LogP contribution in [0.1, 0.15) is 28.3 Å². The highest BCUT2D eigenvalue weighted by atomic mass is 32.1. The number of aromatic nitrogens is 1. The fourth-order valence-corrected chi connectivity index (χ4v) is 3.73. The lowest BCUT2D eigenvalue weighted by atomic mass is 10.1. The molecular weight excluding hydrogens is 278 g/mol. The smallest absolute Gasteiger partial charge is 0.0951 e. The van der Waals surface area contributed by atoms with Crippen molar-refractivity contribution in [3.8, 4) is 0 Å². The Hall–Kier alpha value is -2.07. The summed E-state index contributed by atoms with van der Waals surface area (Å²) in [5.41, 5.74) is 10.0. The lowest BCUT2D eigenvalue weighted by molar-refractivity contribution is 0.883. The SMILES string of the molecule is Cc1cc(C(C)Nc2ccc(N)c3ncccc23)c(C)s1. The molecule has 0 aliphatic rings. The number of hydrogen-bond acceptors (Lipinski definition) is 4. The van der Waals surface area contributed by atoms with Gasteiger partial charge in [-0.05, 0) is 56.7 Å². The molecule has 3 rings (SSSR count). The topological polar surface area (TPSA) is 50.9 Å². The molecule has 21 heavy (non-hydrogen) atoms. The number of benzene rings is 1. The van der Waals surface area contributed by atoms with E-state index < -0.39 is 0 Å². The number of anilines is 2. The normalized spacial score (nSPS) is 12.5. The average Bonchev–Trinajstić information content (AvgIpc) is 2.81. The van der Waals surface area contributed by atoms with Gasteiger partial charge in [0.05, 0.1) is 11.2 Å². The summed E-state index contributed by atoms with van der Waals surface area (Å²) < 4.78 is 0. The lowest BCUT2D eigenvalue weighted by Gasteiger charge is -2.17. The molecule has 0 amide bonds. The standard InChI is InChI=1S/C17H19N3S/c1-10-9-14(12(3)21-10)11(2)20-16-7-6-15(18)17-13(16)5-4-8-19-17/h4-9,11,20H,18H2,1-3H3. The van der Waals surface area contributed by atoms with Gasteiger partial charge in [0, 0.05) is 33.1 Å². The molecule has 3 nitrogen and oxygen atoms in total. The van der Waals surface area contributed by atoms with Gasteiger partial charge >= 0.3 is 0 Å². The van der Waals surface area contributed by atoms with Gasteiger partial charge in [0.25, 0.3) is 0 Å². The van der Waals surface area contributed by atoms with Crippen LogP contribution in [0, 0.1) is 13.8 Å². The van der Waals surface area contributed by atoms with Crippen molar-refractivity contribution in [2.75, 3.05) is 11.1 Å². The number of nitrogen functional groups attached to an aromatic ring is 1. The van der Waals surface area contributed by atoms with E-state index in [-0.39, 0.29) is 6.04 Å². The molecule has 4 heteroatoms. The van der Waals surface area contributed by atoms with Crippen molar-refractivity contribution in [1.82, 2.24) is 4.98 Å². The molecule has 0 aliphatic carbocycles. The highest BCUT2D eigenvalue weighted by Crippen LogP contribution is 2.32. The van der Waals surface area contributed by atoms with Crippen molar-refractivity contribution in [3.63, 3.8) is 0 Å². The molecule has 0 saturated carbocycles. The van der Waals surface area contributed by atoms with Crippen LogP contribution < -0.4 is 11.1 Å². The van der Waals surface area contributed by atoms with Gasteiger partial charge in [-0.3, -0.25) is 4.98 Å². The van der Waals surface area contributed by atoms with E-state index in [1.54, 1.807) is 6.20 Å². The molecule has 0 aliphatic heterocycles. The van der Waals surface area contributed by atoms with Gasteiger partial charge < -0.3 is 11.1 Å². The van der Waals surface area contributed by atoms with Gasteiger partial charge in [-0.25, -0.2) is 0 Å². The zero-order chi connectivity index (χ0) is 15.0. The summed E-state index contributed by atoms with van der Waals surface area (Å²) in [4.78, 5) is 7.09. The Morgan fingerprint density at radius 2 is 2.05 bits per heavy atom. The lowest BCUT2D eigenvalue weighted by Crippen LogP contribution is -2.07. The van der Waals surface area contributed by atoms with E-state index in [1.165, 1.54) is 15.3 Å². The van der Waals surface area contributed by atoms with Crippen LogP contribution in [0.4, 0.5) is 11.4 Å². The summed E-state index contributed by atoms with van der Waals surface area (Å²) in [5, 5.41) is 4.66. The zero-order valence-electron chi connectivity index (χ0n) is 12.5. The number of rotatable bonds is 3. The van der Waals surface area contributed by atoms with Crippen LogP contribution in [0.3, 0.4) is 0 Å². The summed E-state index contributed by atoms with van der Waals surface area (Å²) in [6.07, 6.45) is 1.78. The van der Waals surface area contributed by atoms with Crippen molar-refractivity contribution >= 4 is 33.6 Å². The third-order valence-corrected chi connectivity index (χ3v) is 4.70. The van der Waals surface area contributed by atoms with Gasteiger partial charge in [0.1, 0.15) is 0 Å². The molecule has 0 spiro atoms. The summed E-state index contributed by atoms with van der Waals surface area (Å²) in [6, 6.07) is 10.5. The number of hydrogen-bond donors (Lipinski definition) is 2. The molecule has 3 N–H and O–H groups in total. The number of nitrogens with zero attached hydrogens (tertiary/aromatic N) is 1. The van der Waals surface area contributed by atoms with Crippen LogP contribution in [0.25, 0.3) is 10.9 Å². The Morgan fingerprint density at radius 1 is 1.24 bits per heavy atom. The molecule has 3 aromatic rings. The molecule has 2 heterocycles. The van der Waals surface area contributed by atoms with Crippen molar-refractivity contribution in [1.29, 1.82) is 0 Å². The third-order valence-electron chi connectivity index (χ3n) is 3.72. The van der Waals surface area contributed by atoms with E-state index >= 15 is 0 Å². The number of nitrogens with one attached hydrogen (secondary N) is 1. The van der Waals surface area contributed by atoms with Crippen LogP contribution in [0.2, 0.25) is 0 Å². The first-order valence-corrected chi connectivity index (χ1v) is 7.84. The van der Waals surface area contributed by atoms with Crippen molar-refractivity contribution in [2.45, 2.75) is 26.8 Å². The van der Waals surface area contributed by atoms with Crippen LogP contribution in [-0.4, -0.2) is 4.98 Å². The molecule has 2 aromatic heterocycles. The molecule has 0 radical (unpaired) electrons. The minimum atomic E-state index is 0.252. The summed E-state index contributed by atoms with van der Waals surface area (Å²) in [6.45, 7) is 6.51. The van der Waals surface area contributed by atoms with Crippen molar-refractivity contribution < 1.29 is 0 Å². The van der Waals surface area contributed by atoms with Gasteiger partial charge in [0.2, 0.25) is 0 Å². The molecule has 1 aromatic carbocycles. The van der Waals surface area contributed by atoms with Crippen LogP contribution in [0.15, 0.2) is 36.5 Å². The first-order valence-electron chi connectivity index (χ1n) is 7.03. The summed E-state index contributed by atoms with van der Waals surface area (Å²) >= 11 is 1.84. The molecule has 108 valence electrons. The van der Waals surface area contributed by atoms with Crippen LogP contribution in [-0.2, 0) is 0 Å². The van der Waals surface area contributed by atoms with Gasteiger partial charge in [-0.2, -0.15) is 0 Å². The van der Waals surface area contributed by atoms with E-state index in [2.05, 4.69) is 43.2 Å². The summed E-state index contributed by atoms with van der Waals surface area (Å²) in [7, 11) is 0. The fourth-order valence-electron chi connectivity index (χ4n) is 2.71. The summed E-state index contributed by atoms with van der Waals surface area (Å²) in [5.74, 6) is 0. The second-order valence-corrected chi connectivity index (χ2v) is 6.80. The Labute approximate surface area is 128 Å². The second-order valence-electron chi connectivity index (χ2n) is 5.34. The third kappa shape index (κ3) is 2.59. The molecular formula is C17H19N3S. The maximum absolute atomic E-state index is 6.01. The van der Waals surface area contributed by atoms with E-state index in [1.807, 2.05) is 29.5 Å². The molecule has 0 saturated heterocycles. The first-order chi connectivity index (χ1) is 10.1. The zero-order valence-corrected chi connectivity index (χ0v) is 13.3. The number of pyridine rings is 1. The Kier molecular flexibility index (Phi) is 3.55. The van der Waals surface area contributed by atoms with Gasteiger partial charge in [-0.1, -0.05) is 0 Å². The average molecular weight is 297 g/mol. The van der Waals surface area contributed by atoms with E-state index in [0.29, 0.717) is 5.69 Å². The van der Waals surface area contributed by atoms with Gasteiger partial charge in [0.15, 0.2) is 0 Å².